The smallest absolute Gasteiger partial charge is 0.780 e. The quantitative estimate of drug-likeness (QED) is 0.296. The van der Waals surface area contributed by atoms with Gasteiger partial charge in [-0.05, 0) is 79.5 Å². The van der Waals surface area contributed by atoms with Crippen LogP contribution in [0.2, 0.25) is 5.02 Å². The van der Waals surface area contributed by atoms with Crippen molar-refractivity contribution in [3.05, 3.63) is 34.4 Å². The van der Waals surface area contributed by atoms with Crippen molar-refractivity contribution in [1.82, 2.24) is 0 Å². The fourth-order valence-corrected chi connectivity index (χ4v) is 5.78. The predicted molar refractivity (Wildman–Crippen MR) is 90.7 cm³/mol. The van der Waals surface area contributed by atoms with Crippen LogP contribution in [0.25, 0.3) is 5.76 Å². The molecule has 1 aromatic carbocycles. The SMILES string of the molecule is [2H]C([2H])([2H])OC(=C1C2CC3CC(C2)CC1C3)c1ccc(Cl)c(OP(=O)([O-])[O-])c1.[Na+].[Na+]. The number of hydrogen-bond donors (Lipinski definition) is 0. The van der Waals surface area contributed by atoms with Gasteiger partial charge < -0.3 is 23.6 Å². The molecule has 4 fully saturated rings. The first-order chi connectivity index (χ1) is 13.0. The standard InChI is InChI=1S/C18H22ClO5P.2Na/c1-23-18(12-2-3-15(19)16(9-12)24-25(20,21)22)17-13-5-10-4-11(7-13)8-14(17)6-10;;/h2-3,9-11,13-14H,4-8H2,1H3,(H2,20,21,22);;/q;2*+1/p-2/i1D3;;. The summed E-state index contributed by atoms with van der Waals surface area (Å²) in [5, 5.41) is -0.0565. The average molecular weight is 432 g/mol. The maximum Gasteiger partial charge on any atom is 1.00 e. The van der Waals surface area contributed by atoms with E-state index >= 15 is 0 Å². The zero-order valence-electron chi connectivity index (χ0n) is 18.4. The second-order valence-electron chi connectivity index (χ2n) is 7.37. The van der Waals surface area contributed by atoms with Crippen molar-refractivity contribution in [1.29, 1.82) is 0 Å². The van der Waals surface area contributed by atoms with Crippen LogP contribution < -0.4 is 73.4 Å². The molecule has 0 atom stereocenters. The Morgan fingerprint density at radius 3 is 2.26 bits per heavy atom. The topological polar surface area (TPSA) is 81.7 Å². The van der Waals surface area contributed by atoms with E-state index in [1.165, 1.54) is 18.6 Å². The minimum atomic E-state index is -5.31. The molecule has 5 rings (SSSR count). The van der Waals surface area contributed by atoms with Crippen LogP contribution in [0.3, 0.4) is 0 Å². The first-order valence-corrected chi connectivity index (χ1v) is 10.3. The Balaban J connectivity index is 0.00000160. The second-order valence-corrected chi connectivity index (χ2v) is 8.86. The van der Waals surface area contributed by atoms with Gasteiger partial charge in [-0.1, -0.05) is 11.6 Å². The average Bonchev–Trinajstić information content (AvgIpc) is 2.52. The first kappa shape index (κ1) is 19.9. The van der Waals surface area contributed by atoms with Crippen LogP contribution in [-0.2, 0) is 9.30 Å². The largest absolute Gasteiger partial charge is 1.00 e. The molecule has 0 unspecified atom stereocenters. The van der Waals surface area contributed by atoms with E-state index in [4.69, 9.17) is 20.5 Å². The Bertz CT molecular complexity index is 844. The van der Waals surface area contributed by atoms with Crippen LogP contribution in [0.15, 0.2) is 23.8 Å². The minimum Gasteiger partial charge on any atom is -0.780 e. The third-order valence-electron chi connectivity index (χ3n) is 5.79. The predicted octanol–water partition coefficient (Wildman–Crippen LogP) is -2.63. The van der Waals surface area contributed by atoms with E-state index in [2.05, 4.69) is 4.52 Å². The van der Waals surface area contributed by atoms with Gasteiger partial charge in [0.05, 0.1) is 16.2 Å². The summed E-state index contributed by atoms with van der Waals surface area (Å²) in [6, 6.07) is 4.21. The zero-order chi connectivity index (χ0) is 20.3. The molecule has 4 saturated carbocycles. The molecule has 1 aromatic rings. The first-order valence-electron chi connectivity index (χ1n) is 9.93. The maximum atomic E-state index is 11.0. The maximum absolute atomic E-state index is 11.0. The molecule has 4 aliphatic carbocycles. The number of allylic oxidation sites excluding steroid dienone is 1. The van der Waals surface area contributed by atoms with Crippen LogP contribution in [-0.4, -0.2) is 7.04 Å². The van der Waals surface area contributed by atoms with Gasteiger partial charge in [-0.25, -0.2) is 0 Å². The summed E-state index contributed by atoms with van der Waals surface area (Å²) >= 11 is 5.95. The number of ether oxygens (including phenoxy) is 1. The van der Waals surface area contributed by atoms with Gasteiger partial charge in [0.1, 0.15) is 19.3 Å². The molecule has 0 saturated heterocycles. The number of hydrogen-bond acceptors (Lipinski definition) is 5. The molecule has 0 spiro atoms. The van der Waals surface area contributed by atoms with Crippen LogP contribution in [0.1, 0.15) is 41.8 Å². The second kappa shape index (κ2) is 9.43. The van der Waals surface area contributed by atoms with Gasteiger partial charge in [0.2, 0.25) is 0 Å². The van der Waals surface area contributed by atoms with Crippen LogP contribution in [0.5, 0.6) is 5.75 Å². The summed E-state index contributed by atoms with van der Waals surface area (Å²) in [5.41, 5.74) is 1.34. The number of phosphoric acid groups is 1. The van der Waals surface area contributed by atoms with Crippen molar-refractivity contribution in [2.45, 2.75) is 32.1 Å². The Kier molecular flexibility index (Phi) is 6.96. The van der Waals surface area contributed by atoms with Crippen LogP contribution in [0.4, 0.5) is 0 Å². The van der Waals surface area contributed by atoms with Gasteiger partial charge in [-0.2, -0.15) is 0 Å². The van der Waals surface area contributed by atoms with Crippen LogP contribution in [0, 0.1) is 23.7 Å². The Hall–Kier alpha value is 1.000. The van der Waals surface area contributed by atoms with E-state index in [1.54, 1.807) is 6.07 Å². The molecule has 9 heteroatoms. The van der Waals surface area contributed by atoms with Crippen molar-refractivity contribution >= 4 is 25.2 Å². The fraction of sp³-hybridized carbons (Fsp3) is 0.556. The fourth-order valence-electron chi connectivity index (χ4n) is 5.18. The Labute approximate surface area is 213 Å². The Morgan fingerprint density at radius 1 is 1.15 bits per heavy atom. The van der Waals surface area contributed by atoms with Crippen molar-refractivity contribution < 1.29 is 86.8 Å². The normalized spacial score (nSPS) is 30.3. The molecule has 136 valence electrons. The van der Waals surface area contributed by atoms with E-state index < -0.39 is 14.9 Å². The van der Waals surface area contributed by atoms with E-state index in [-0.39, 0.29) is 87.5 Å². The molecule has 0 N–H and O–H groups in total. The number of rotatable bonds is 4. The number of halogens is 1. The summed E-state index contributed by atoms with van der Waals surface area (Å²) < 4.78 is 43.7. The minimum absolute atomic E-state index is 0. The molecule has 0 aromatic heterocycles. The van der Waals surface area contributed by atoms with Gasteiger partial charge in [-0.3, -0.25) is 0 Å². The summed E-state index contributed by atoms with van der Waals surface area (Å²) in [5.74, 6) is 1.79. The molecule has 5 nitrogen and oxygen atoms in total. The van der Waals surface area contributed by atoms with Crippen molar-refractivity contribution in [2.24, 2.45) is 23.7 Å². The number of methoxy groups -OCH3 is 1. The Morgan fingerprint density at radius 2 is 1.74 bits per heavy atom. The van der Waals surface area contributed by atoms with Crippen molar-refractivity contribution in [2.75, 3.05) is 7.04 Å². The van der Waals surface area contributed by atoms with E-state index in [0.717, 1.165) is 31.3 Å². The van der Waals surface area contributed by atoms with Crippen LogP contribution >= 0.6 is 19.4 Å². The molecule has 0 heterocycles. The van der Waals surface area contributed by atoms with Gasteiger partial charge in [0, 0.05) is 5.56 Å². The van der Waals surface area contributed by atoms with Gasteiger partial charge in [0.15, 0.2) is 0 Å². The van der Waals surface area contributed by atoms with E-state index in [9.17, 15) is 14.4 Å². The van der Waals surface area contributed by atoms with E-state index in [1.807, 2.05) is 0 Å². The van der Waals surface area contributed by atoms with Gasteiger partial charge in [-0.15, -0.1) is 0 Å². The third kappa shape index (κ3) is 5.19. The third-order valence-corrected chi connectivity index (χ3v) is 6.52. The summed E-state index contributed by atoms with van der Waals surface area (Å²) in [4.78, 5) is 22.0. The van der Waals surface area contributed by atoms with Gasteiger partial charge in [0.25, 0.3) is 0 Å². The van der Waals surface area contributed by atoms with Gasteiger partial charge >= 0.3 is 59.1 Å². The van der Waals surface area contributed by atoms with Crippen molar-refractivity contribution in [3.63, 3.8) is 0 Å². The number of benzene rings is 1. The molecule has 0 amide bonds. The molecular weight excluding hydrogens is 409 g/mol. The number of phosphoric ester groups is 1. The molecule has 27 heavy (non-hydrogen) atoms. The van der Waals surface area contributed by atoms with Crippen molar-refractivity contribution in [3.8, 4) is 5.75 Å². The molecule has 4 bridgehead atoms. The molecule has 0 aliphatic heterocycles. The summed E-state index contributed by atoms with van der Waals surface area (Å²) in [7, 11) is -7.97. The molecule has 4 aliphatic rings. The van der Waals surface area contributed by atoms with E-state index in [0.29, 0.717) is 17.4 Å². The summed E-state index contributed by atoms with van der Waals surface area (Å²) in [6.45, 7) is 0. The zero-order valence-corrected chi connectivity index (χ0v) is 21.1. The monoisotopic (exact) mass is 431 g/mol. The summed E-state index contributed by atoms with van der Waals surface area (Å²) in [6.07, 6.45) is 5.32. The molecule has 0 radical (unpaired) electrons. The molecular formula is C18H20ClNa2O5P.